The topological polar surface area (TPSA) is 48.9 Å². The Bertz CT molecular complexity index is 459. The van der Waals surface area contributed by atoms with Crippen LogP contribution in [0.1, 0.15) is 27.2 Å². The van der Waals surface area contributed by atoms with Crippen LogP contribution in [0.3, 0.4) is 0 Å². The van der Waals surface area contributed by atoms with Gasteiger partial charge in [0.05, 0.1) is 5.60 Å². The van der Waals surface area contributed by atoms with Gasteiger partial charge in [0.2, 0.25) is 0 Å². The van der Waals surface area contributed by atoms with E-state index in [2.05, 4.69) is 57.8 Å². The average molecular weight is 320 g/mol. The summed E-state index contributed by atoms with van der Waals surface area (Å²) in [6.07, 6.45) is 1.05. The highest BCUT2D eigenvalue weighted by molar-refractivity contribution is 5.79. The van der Waals surface area contributed by atoms with Gasteiger partial charge >= 0.3 is 0 Å². The Morgan fingerprint density at radius 3 is 2.48 bits per heavy atom. The van der Waals surface area contributed by atoms with Crippen LogP contribution in [0.25, 0.3) is 0 Å². The normalized spacial score (nSPS) is 12.1. The number of methoxy groups -OCH3 is 1. The van der Waals surface area contributed by atoms with Crippen molar-refractivity contribution in [1.29, 1.82) is 0 Å². The van der Waals surface area contributed by atoms with E-state index in [0.29, 0.717) is 6.54 Å². The van der Waals surface area contributed by atoms with Gasteiger partial charge in [-0.2, -0.15) is 0 Å². The Labute approximate surface area is 141 Å². The molecule has 0 saturated carbocycles. The van der Waals surface area contributed by atoms with Crippen LogP contribution < -0.4 is 15.5 Å². The van der Waals surface area contributed by atoms with Crippen LogP contribution >= 0.6 is 0 Å². The second-order valence-corrected chi connectivity index (χ2v) is 6.09. The third-order valence-electron chi connectivity index (χ3n) is 3.86. The number of nitrogens with one attached hydrogen (secondary N) is 2. The van der Waals surface area contributed by atoms with Gasteiger partial charge in [-0.3, -0.25) is 4.99 Å². The molecule has 1 rings (SSSR count). The molecule has 0 unspecified atom stereocenters. The Kier molecular flexibility index (Phi) is 8.48. The number of anilines is 1. The lowest BCUT2D eigenvalue weighted by atomic mass is 10.1. The lowest BCUT2D eigenvalue weighted by Crippen LogP contribution is -2.45. The van der Waals surface area contributed by atoms with E-state index < -0.39 is 0 Å². The van der Waals surface area contributed by atoms with E-state index >= 15 is 0 Å². The highest BCUT2D eigenvalue weighted by Crippen LogP contribution is 2.12. The van der Waals surface area contributed by atoms with Crippen LogP contribution in [0.4, 0.5) is 5.69 Å². The van der Waals surface area contributed by atoms with Crippen LogP contribution in [0.15, 0.2) is 35.3 Å². The third kappa shape index (κ3) is 7.37. The fourth-order valence-electron chi connectivity index (χ4n) is 2.17. The van der Waals surface area contributed by atoms with Gasteiger partial charge in [-0.25, -0.2) is 0 Å². The monoisotopic (exact) mass is 320 g/mol. The van der Waals surface area contributed by atoms with Gasteiger partial charge in [0.15, 0.2) is 5.96 Å². The smallest absolute Gasteiger partial charge is 0.191 e. The molecule has 0 bridgehead atoms. The van der Waals surface area contributed by atoms with Crippen molar-refractivity contribution in [2.75, 3.05) is 45.2 Å². The number of nitrogens with zero attached hydrogens (tertiary/aromatic N) is 2. The molecule has 5 nitrogen and oxygen atoms in total. The predicted octanol–water partition coefficient (Wildman–Crippen LogP) is 2.49. The molecule has 2 N–H and O–H groups in total. The highest BCUT2D eigenvalue weighted by atomic mass is 16.5. The zero-order chi connectivity index (χ0) is 17.1. The molecule has 0 amide bonds. The first kappa shape index (κ1) is 19.3. The van der Waals surface area contributed by atoms with Gasteiger partial charge in [-0.05, 0) is 39.3 Å². The van der Waals surface area contributed by atoms with Crippen LogP contribution in [-0.2, 0) is 4.74 Å². The zero-order valence-electron chi connectivity index (χ0n) is 15.2. The second-order valence-electron chi connectivity index (χ2n) is 6.09. The number of hydrogen-bond donors (Lipinski definition) is 2. The highest BCUT2D eigenvalue weighted by Gasteiger charge is 2.16. The predicted molar refractivity (Wildman–Crippen MR) is 99.4 cm³/mol. The Morgan fingerprint density at radius 2 is 1.91 bits per heavy atom. The average Bonchev–Trinajstić information content (AvgIpc) is 2.58. The lowest BCUT2D eigenvalue weighted by molar-refractivity contribution is 0.0268. The van der Waals surface area contributed by atoms with Gasteiger partial charge in [0, 0.05) is 46.0 Å². The van der Waals surface area contributed by atoms with Gasteiger partial charge in [-0.15, -0.1) is 0 Å². The van der Waals surface area contributed by atoms with E-state index in [-0.39, 0.29) is 5.60 Å². The Hall–Kier alpha value is -1.75. The molecule has 1 aromatic rings. The molecule has 0 aromatic heterocycles. The van der Waals surface area contributed by atoms with Gasteiger partial charge in [-0.1, -0.05) is 18.2 Å². The summed E-state index contributed by atoms with van der Waals surface area (Å²) >= 11 is 0. The molecule has 130 valence electrons. The number of benzene rings is 1. The molecule has 0 fully saturated rings. The summed E-state index contributed by atoms with van der Waals surface area (Å²) in [4.78, 5) is 6.63. The molecule has 5 heteroatoms. The van der Waals surface area contributed by atoms with Crippen molar-refractivity contribution in [2.24, 2.45) is 4.99 Å². The SMILES string of the molecule is CCN(CCCNC(=NC)NCC(C)(C)OC)c1ccccc1. The molecule has 0 spiro atoms. The number of rotatable bonds is 9. The first-order valence-electron chi connectivity index (χ1n) is 8.32. The van der Waals surface area contributed by atoms with Crippen molar-refractivity contribution in [1.82, 2.24) is 10.6 Å². The molecule has 0 aliphatic carbocycles. The first-order valence-corrected chi connectivity index (χ1v) is 8.32. The van der Waals surface area contributed by atoms with Gasteiger partial charge in [0.1, 0.15) is 0 Å². The lowest BCUT2D eigenvalue weighted by Gasteiger charge is -2.25. The maximum Gasteiger partial charge on any atom is 0.191 e. The molecule has 23 heavy (non-hydrogen) atoms. The van der Waals surface area contributed by atoms with E-state index in [0.717, 1.165) is 32.0 Å². The number of ether oxygens (including phenoxy) is 1. The largest absolute Gasteiger partial charge is 0.377 e. The second kappa shape index (κ2) is 10.1. The Morgan fingerprint density at radius 1 is 1.22 bits per heavy atom. The summed E-state index contributed by atoms with van der Waals surface area (Å²) in [6.45, 7) is 9.92. The minimum atomic E-state index is -0.204. The maximum atomic E-state index is 5.40. The standard InChI is InChI=1S/C18H32N4O/c1-6-22(16-11-8-7-9-12-16)14-10-13-20-17(19-4)21-15-18(2,3)23-5/h7-9,11-12H,6,10,13-15H2,1-5H3,(H2,19,20,21). The van der Waals surface area contributed by atoms with Crippen molar-refractivity contribution >= 4 is 11.6 Å². The first-order chi connectivity index (χ1) is 11.0. The van der Waals surface area contributed by atoms with Gasteiger partial charge < -0.3 is 20.3 Å². The van der Waals surface area contributed by atoms with E-state index in [1.54, 1.807) is 14.2 Å². The van der Waals surface area contributed by atoms with Crippen LogP contribution in [0.5, 0.6) is 0 Å². The van der Waals surface area contributed by atoms with Crippen molar-refractivity contribution in [3.8, 4) is 0 Å². The zero-order valence-corrected chi connectivity index (χ0v) is 15.2. The molecule has 0 aliphatic rings. The summed E-state index contributed by atoms with van der Waals surface area (Å²) < 4.78 is 5.40. The molecule has 0 heterocycles. The molecular formula is C18H32N4O. The minimum Gasteiger partial charge on any atom is -0.377 e. The van der Waals surface area contributed by atoms with E-state index in [1.807, 2.05) is 13.8 Å². The van der Waals surface area contributed by atoms with E-state index in [9.17, 15) is 0 Å². The number of guanidine groups is 1. The van der Waals surface area contributed by atoms with Crippen molar-refractivity contribution in [2.45, 2.75) is 32.8 Å². The Balaban J connectivity index is 2.32. The summed E-state index contributed by atoms with van der Waals surface area (Å²) in [5.74, 6) is 0.817. The molecule has 1 aromatic carbocycles. The van der Waals surface area contributed by atoms with Crippen LogP contribution in [0, 0.1) is 0 Å². The number of para-hydroxylation sites is 1. The summed E-state index contributed by atoms with van der Waals surface area (Å²) in [7, 11) is 3.51. The third-order valence-corrected chi connectivity index (χ3v) is 3.86. The van der Waals surface area contributed by atoms with Crippen LogP contribution in [-0.4, -0.2) is 51.9 Å². The molecule has 0 atom stereocenters. The van der Waals surface area contributed by atoms with Crippen molar-refractivity contribution < 1.29 is 4.74 Å². The molecule has 0 radical (unpaired) electrons. The van der Waals surface area contributed by atoms with E-state index in [1.165, 1.54) is 5.69 Å². The molecular weight excluding hydrogens is 288 g/mol. The minimum absolute atomic E-state index is 0.204. The van der Waals surface area contributed by atoms with Gasteiger partial charge in [0.25, 0.3) is 0 Å². The molecule has 0 saturated heterocycles. The van der Waals surface area contributed by atoms with Crippen molar-refractivity contribution in [3.05, 3.63) is 30.3 Å². The van der Waals surface area contributed by atoms with Crippen molar-refractivity contribution in [3.63, 3.8) is 0 Å². The number of aliphatic imine (C=N–C) groups is 1. The van der Waals surface area contributed by atoms with Crippen LogP contribution in [0.2, 0.25) is 0 Å². The van der Waals surface area contributed by atoms with E-state index in [4.69, 9.17) is 4.74 Å². The quantitative estimate of drug-likeness (QED) is 0.417. The summed E-state index contributed by atoms with van der Waals surface area (Å²) in [6, 6.07) is 10.5. The summed E-state index contributed by atoms with van der Waals surface area (Å²) in [5.41, 5.74) is 1.07. The maximum absolute atomic E-state index is 5.40. The molecule has 0 aliphatic heterocycles. The fraction of sp³-hybridized carbons (Fsp3) is 0.611. The summed E-state index contributed by atoms with van der Waals surface area (Å²) in [5, 5.41) is 6.65. The fourth-order valence-corrected chi connectivity index (χ4v) is 2.17. The number of hydrogen-bond acceptors (Lipinski definition) is 3.